The molecule has 0 amide bonds. The van der Waals surface area contributed by atoms with Crippen molar-refractivity contribution in [2.75, 3.05) is 18.6 Å². The third kappa shape index (κ3) is 4.25. The third-order valence-corrected chi connectivity index (χ3v) is 4.87. The Hall–Kier alpha value is -3.75. The predicted octanol–water partition coefficient (Wildman–Crippen LogP) is 4.52. The number of rotatable bonds is 7. The number of ether oxygens (including phenoxy) is 1. The summed E-state index contributed by atoms with van der Waals surface area (Å²) in [6, 6.07) is 7.35. The minimum Gasteiger partial charge on any atom is -0.490 e. The number of aromatic nitrogens is 4. The molecule has 3 aromatic heterocycles. The zero-order valence-electron chi connectivity index (χ0n) is 17.0. The third-order valence-electron chi connectivity index (χ3n) is 4.87. The van der Waals surface area contributed by atoms with Gasteiger partial charge in [-0.2, -0.15) is 5.10 Å². The molecule has 3 heterocycles. The van der Waals surface area contributed by atoms with E-state index in [0.29, 0.717) is 22.8 Å². The van der Waals surface area contributed by atoms with Crippen molar-refractivity contribution < 1.29 is 18.3 Å². The van der Waals surface area contributed by atoms with Crippen LogP contribution in [0.1, 0.15) is 30.2 Å². The first-order valence-electron chi connectivity index (χ1n) is 9.74. The number of benzene rings is 1. The quantitative estimate of drug-likeness (QED) is 0.471. The van der Waals surface area contributed by atoms with Gasteiger partial charge in [-0.05, 0) is 37.3 Å². The van der Waals surface area contributed by atoms with Gasteiger partial charge in [0.2, 0.25) is 5.91 Å². The number of carbonyl (C=O) groups excluding carboxylic acids is 1. The molecule has 160 valence electrons. The summed E-state index contributed by atoms with van der Waals surface area (Å²) in [5.41, 5.74) is 2.75. The zero-order chi connectivity index (χ0) is 22.0. The molecule has 7 nitrogen and oxygen atoms in total. The molecule has 9 heteroatoms. The molecule has 31 heavy (non-hydrogen) atoms. The average Bonchev–Trinajstić information content (AvgIpc) is 3.39. The van der Waals surface area contributed by atoms with Crippen LogP contribution in [0, 0.1) is 5.82 Å². The summed E-state index contributed by atoms with van der Waals surface area (Å²) < 4.78 is 34.9. The van der Waals surface area contributed by atoms with Crippen LogP contribution in [0.3, 0.4) is 0 Å². The number of hydrogen-bond donors (Lipinski definition) is 1. The van der Waals surface area contributed by atoms with Crippen LogP contribution in [-0.2, 0) is 0 Å². The Morgan fingerprint density at radius 2 is 2.10 bits per heavy atom. The Labute approximate surface area is 177 Å². The number of alkyl halides is 1. The van der Waals surface area contributed by atoms with Crippen molar-refractivity contribution in [3.8, 4) is 16.9 Å². The molecule has 1 N–H and O–H groups in total. The highest BCUT2D eigenvalue weighted by atomic mass is 19.1. The van der Waals surface area contributed by atoms with Crippen LogP contribution in [0.25, 0.3) is 16.8 Å². The molecule has 0 spiro atoms. The number of hydrogen-bond acceptors (Lipinski definition) is 5. The van der Waals surface area contributed by atoms with E-state index in [1.807, 2.05) is 13.0 Å². The summed E-state index contributed by atoms with van der Waals surface area (Å²) >= 11 is 0. The van der Waals surface area contributed by atoms with Gasteiger partial charge in [0.25, 0.3) is 0 Å². The van der Waals surface area contributed by atoms with Crippen LogP contribution >= 0.6 is 0 Å². The monoisotopic (exact) mass is 425 g/mol. The Morgan fingerprint density at radius 3 is 2.84 bits per heavy atom. The molecule has 0 aliphatic rings. The molecule has 0 bridgehead atoms. The number of fused-ring (bicyclic) bond motifs is 1. The SMILES string of the molecule is CC(=O)n1ccc(-c2cnn3ccc(NC(C)c4cc(F)ccc4OCCF)nc23)c1. The molecule has 0 saturated heterocycles. The number of carbonyl (C=O) groups is 1. The van der Waals surface area contributed by atoms with E-state index in [1.54, 1.807) is 35.4 Å². The molecule has 4 aromatic rings. The molecule has 1 unspecified atom stereocenters. The van der Waals surface area contributed by atoms with Gasteiger partial charge < -0.3 is 10.1 Å². The van der Waals surface area contributed by atoms with Crippen LogP contribution < -0.4 is 10.1 Å². The number of nitrogens with one attached hydrogen (secondary N) is 1. The number of anilines is 1. The van der Waals surface area contributed by atoms with E-state index in [2.05, 4.69) is 15.4 Å². The molecule has 0 fully saturated rings. The predicted molar refractivity (Wildman–Crippen MR) is 113 cm³/mol. The summed E-state index contributed by atoms with van der Waals surface area (Å²) in [6.45, 7) is 2.59. The van der Waals surface area contributed by atoms with Crippen molar-refractivity contribution in [1.82, 2.24) is 19.2 Å². The summed E-state index contributed by atoms with van der Waals surface area (Å²) in [5.74, 6) is 0.463. The van der Waals surface area contributed by atoms with Crippen LogP contribution in [0.4, 0.5) is 14.6 Å². The van der Waals surface area contributed by atoms with E-state index in [-0.39, 0.29) is 18.6 Å². The molecule has 0 saturated carbocycles. The van der Waals surface area contributed by atoms with Crippen molar-refractivity contribution in [3.63, 3.8) is 0 Å². The Bertz CT molecular complexity index is 1230. The van der Waals surface area contributed by atoms with Gasteiger partial charge in [-0.25, -0.2) is 18.3 Å². The van der Waals surface area contributed by atoms with E-state index in [1.165, 1.54) is 29.7 Å². The van der Waals surface area contributed by atoms with Crippen molar-refractivity contribution in [2.45, 2.75) is 19.9 Å². The van der Waals surface area contributed by atoms with Gasteiger partial charge in [0.15, 0.2) is 5.65 Å². The van der Waals surface area contributed by atoms with Crippen LogP contribution in [0.2, 0.25) is 0 Å². The normalized spacial score (nSPS) is 12.1. The van der Waals surface area contributed by atoms with Crippen LogP contribution in [-0.4, -0.2) is 38.4 Å². The Balaban J connectivity index is 1.63. The number of halogens is 2. The maximum absolute atomic E-state index is 13.8. The largest absolute Gasteiger partial charge is 0.490 e. The second-order valence-electron chi connectivity index (χ2n) is 7.05. The molecule has 1 atom stereocenters. The van der Waals surface area contributed by atoms with Crippen molar-refractivity contribution >= 4 is 17.4 Å². The lowest BCUT2D eigenvalue weighted by Crippen LogP contribution is -2.11. The topological polar surface area (TPSA) is 73.5 Å². The zero-order valence-corrected chi connectivity index (χ0v) is 17.0. The first-order chi connectivity index (χ1) is 15.0. The molecular formula is C22H21F2N5O2. The minimum absolute atomic E-state index is 0.0901. The fourth-order valence-corrected chi connectivity index (χ4v) is 3.34. The molecule has 4 rings (SSSR count). The van der Waals surface area contributed by atoms with Gasteiger partial charge in [-0.15, -0.1) is 0 Å². The van der Waals surface area contributed by atoms with Crippen molar-refractivity contribution in [3.05, 3.63) is 66.5 Å². The second-order valence-corrected chi connectivity index (χ2v) is 7.05. The summed E-state index contributed by atoms with van der Waals surface area (Å²) in [4.78, 5) is 16.2. The molecule has 0 radical (unpaired) electrons. The van der Waals surface area contributed by atoms with Crippen LogP contribution in [0.5, 0.6) is 5.75 Å². The lowest BCUT2D eigenvalue weighted by Gasteiger charge is -2.19. The van der Waals surface area contributed by atoms with E-state index in [9.17, 15) is 13.6 Å². The summed E-state index contributed by atoms with van der Waals surface area (Å²) in [6.07, 6.45) is 6.86. The lowest BCUT2D eigenvalue weighted by molar-refractivity contribution is 0.0937. The van der Waals surface area contributed by atoms with E-state index < -0.39 is 12.5 Å². The smallest absolute Gasteiger partial charge is 0.227 e. The lowest BCUT2D eigenvalue weighted by atomic mass is 10.1. The van der Waals surface area contributed by atoms with Crippen molar-refractivity contribution in [2.24, 2.45) is 0 Å². The highest BCUT2D eigenvalue weighted by molar-refractivity contribution is 5.82. The first-order valence-corrected chi connectivity index (χ1v) is 9.74. The highest BCUT2D eigenvalue weighted by Crippen LogP contribution is 2.29. The van der Waals surface area contributed by atoms with E-state index >= 15 is 0 Å². The van der Waals surface area contributed by atoms with Gasteiger partial charge in [0.1, 0.15) is 30.7 Å². The standard InChI is InChI=1S/C22H21F2N5O2/c1-14(18-11-17(24)3-4-20(18)31-10-7-23)26-21-6-9-29-22(27-21)19(12-25-29)16-5-8-28(13-16)15(2)30/h3-6,8-9,11-14H,7,10H2,1-2H3,(H,26,27). The van der Waals surface area contributed by atoms with Gasteiger partial charge in [0.05, 0.1) is 12.2 Å². The molecule has 0 aliphatic heterocycles. The van der Waals surface area contributed by atoms with Gasteiger partial charge in [0, 0.05) is 42.2 Å². The van der Waals surface area contributed by atoms with E-state index in [0.717, 1.165) is 11.1 Å². The van der Waals surface area contributed by atoms with Gasteiger partial charge in [-0.3, -0.25) is 9.36 Å². The Kier molecular flexibility index (Phi) is 5.66. The fourth-order valence-electron chi connectivity index (χ4n) is 3.34. The summed E-state index contributed by atoms with van der Waals surface area (Å²) in [5, 5.41) is 7.55. The highest BCUT2D eigenvalue weighted by Gasteiger charge is 2.16. The molecular weight excluding hydrogens is 404 g/mol. The maximum Gasteiger partial charge on any atom is 0.227 e. The first kappa shape index (κ1) is 20.5. The van der Waals surface area contributed by atoms with Crippen LogP contribution in [0.15, 0.2) is 55.1 Å². The number of nitrogens with zero attached hydrogens (tertiary/aromatic N) is 4. The van der Waals surface area contributed by atoms with Gasteiger partial charge >= 0.3 is 0 Å². The maximum atomic E-state index is 13.8. The fraction of sp³-hybridized carbons (Fsp3) is 0.227. The summed E-state index contributed by atoms with van der Waals surface area (Å²) in [7, 11) is 0. The van der Waals surface area contributed by atoms with E-state index in [4.69, 9.17) is 4.74 Å². The molecule has 0 aliphatic carbocycles. The average molecular weight is 425 g/mol. The second kappa shape index (κ2) is 8.55. The minimum atomic E-state index is -0.633. The Morgan fingerprint density at radius 1 is 1.26 bits per heavy atom. The van der Waals surface area contributed by atoms with Gasteiger partial charge in [-0.1, -0.05) is 0 Å². The molecule has 1 aromatic carbocycles. The van der Waals surface area contributed by atoms with Crippen molar-refractivity contribution in [1.29, 1.82) is 0 Å².